The third-order valence-electron chi connectivity index (χ3n) is 5.74. The van der Waals surface area contributed by atoms with Gasteiger partial charge in [-0.15, -0.1) is 0 Å². The number of pyridine rings is 1. The lowest BCUT2D eigenvalue weighted by Gasteiger charge is -2.12. The molecule has 7 heteroatoms. The molecule has 1 amide bonds. The van der Waals surface area contributed by atoms with Crippen molar-refractivity contribution in [1.82, 2.24) is 9.97 Å². The van der Waals surface area contributed by atoms with Gasteiger partial charge in [0.15, 0.2) is 18.3 Å². The Balaban J connectivity index is 1.27. The molecule has 4 aromatic rings. The Kier molecular flexibility index (Phi) is 6.30. The Labute approximate surface area is 191 Å². The maximum absolute atomic E-state index is 12.5. The Morgan fingerprint density at radius 2 is 1.88 bits per heavy atom. The van der Waals surface area contributed by atoms with Gasteiger partial charge in [0, 0.05) is 24.4 Å². The van der Waals surface area contributed by atoms with Crippen molar-refractivity contribution in [2.75, 3.05) is 12.1 Å². The summed E-state index contributed by atoms with van der Waals surface area (Å²) in [4.78, 5) is 21.1. The van der Waals surface area contributed by atoms with Crippen molar-refractivity contribution in [1.29, 1.82) is 0 Å². The number of amides is 1. The Morgan fingerprint density at radius 1 is 1.06 bits per heavy atom. The molecule has 2 heterocycles. The number of anilines is 1. The van der Waals surface area contributed by atoms with Crippen molar-refractivity contribution >= 4 is 22.7 Å². The Bertz CT molecular complexity index is 1230. The van der Waals surface area contributed by atoms with Crippen LogP contribution in [0.5, 0.6) is 5.75 Å². The number of carbonyl (C=O) groups excluding carboxylic acids is 1. The quantitative estimate of drug-likeness (QED) is 0.369. The molecule has 1 aliphatic carbocycles. The molecule has 33 heavy (non-hydrogen) atoms. The summed E-state index contributed by atoms with van der Waals surface area (Å²) in [5.74, 6) is 1.09. The molecule has 1 N–H and O–H groups in total. The first-order chi connectivity index (χ1) is 16.2. The lowest BCUT2D eigenvalue weighted by Crippen LogP contribution is -2.12. The number of benzene rings is 2. The zero-order valence-electron chi connectivity index (χ0n) is 18.2. The first-order valence-corrected chi connectivity index (χ1v) is 11.2. The SMILES string of the molecule is O=C(Nc1cccc2nc(Cc3cccc(OCOC4CCCC4)c3)oc12)c1ccncc1. The normalized spacial score (nSPS) is 13.9. The second-order valence-corrected chi connectivity index (χ2v) is 8.11. The molecule has 1 aliphatic rings. The molecule has 0 aliphatic heterocycles. The van der Waals surface area contributed by atoms with E-state index in [2.05, 4.69) is 15.3 Å². The van der Waals surface area contributed by atoms with Gasteiger partial charge in [-0.1, -0.05) is 31.0 Å². The zero-order chi connectivity index (χ0) is 22.5. The van der Waals surface area contributed by atoms with Crippen molar-refractivity contribution in [3.63, 3.8) is 0 Å². The van der Waals surface area contributed by atoms with Gasteiger partial charge < -0.3 is 19.2 Å². The van der Waals surface area contributed by atoms with E-state index in [0.29, 0.717) is 40.8 Å². The van der Waals surface area contributed by atoms with E-state index in [0.717, 1.165) is 24.2 Å². The molecule has 168 valence electrons. The van der Waals surface area contributed by atoms with Crippen LogP contribution in [-0.2, 0) is 11.2 Å². The molecule has 0 saturated heterocycles. The number of nitrogens with one attached hydrogen (secondary N) is 1. The third kappa shape index (κ3) is 5.21. The molecule has 2 aromatic heterocycles. The Hall–Kier alpha value is -3.71. The van der Waals surface area contributed by atoms with Crippen LogP contribution < -0.4 is 10.1 Å². The maximum Gasteiger partial charge on any atom is 0.255 e. The van der Waals surface area contributed by atoms with E-state index in [4.69, 9.17) is 13.9 Å². The predicted octanol–water partition coefficient (Wildman–Crippen LogP) is 5.36. The number of carbonyl (C=O) groups is 1. The van der Waals surface area contributed by atoms with Crippen LogP contribution in [0.1, 0.15) is 47.5 Å². The minimum absolute atomic E-state index is 0.229. The van der Waals surface area contributed by atoms with Gasteiger partial charge in [0.25, 0.3) is 5.91 Å². The molecule has 1 fully saturated rings. The largest absolute Gasteiger partial charge is 0.468 e. The molecule has 0 radical (unpaired) electrons. The molecule has 2 aromatic carbocycles. The van der Waals surface area contributed by atoms with Gasteiger partial charge in [-0.2, -0.15) is 0 Å². The third-order valence-corrected chi connectivity index (χ3v) is 5.74. The lowest BCUT2D eigenvalue weighted by molar-refractivity contribution is -0.0325. The van der Waals surface area contributed by atoms with E-state index in [9.17, 15) is 4.79 Å². The number of nitrogens with zero attached hydrogens (tertiary/aromatic N) is 2. The van der Waals surface area contributed by atoms with Crippen molar-refractivity contribution in [3.8, 4) is 5.75 Å². The van der Waals surface area contributed by atoms with Gasteiger partial charge in [0.2, 0.25) is 0 Å². The fourth-order valence-electron chi connectivity index (χ4n) is 4.04. The molecular weight excluding hydrogens is 418 g/mol. The minimum Gasteiger partial charge on any atom is -0.468 e. The van der Waals surface area contributed by atoms with Gasteiger partial charge in [-0.25, -0.2) is 4.98 Å². The molecule has 7 nitrogen and oxygen atoms in total. The van der Waals surface area contributed by atoms with E-state index in [1.54, 1.807) is 30.6 Å². The predicted molar refractivity (Wildman–Crippen MR) is 124 cm³/mol. The molecule has 1 saturated carbocycles. The second-order valence-electron chi connectivity index (χ2n) is 8.11. The number of fused-ring (bicyclic) bond motifs is 1. The van der Waals surface area contributed by atoms with E-state index in [-0.39, 0.29) is 12.7 Å². The van der Waals surface area contributed by atoms with E-state index in [1.807, 2.05) is 36.4 Å². The monoisotopic (exact) mass is 443 g/mol. The zero-order valence-corrected chi connectivity index (χ0v) is 18.2. The summed E-state index contributed by atoms with van der Waals surface area (Å²) in [5.41, 5.74) is 3.36. The minimum atomic E-state index is -0.229. The van der Waals surface area contributed by atoms with Crippen molar-refractivity contribution in [2.24, 2.45) is 0 Å². The van der Waals surface area contributed by atoms with Crippen molar-refractivity contribution < 1.29 is 18.7 Å². The summed E-state index contributed by atoms with van der Waals surface area (Å²) in [6.45, 7) is 0.261. The van der Waals surface area contributed by atoms with E-state index in [1.165, 1.54) is 12.8 Å². The van der Waals surface area contributed by atoms with Crippen LogP contribution >= 0.6 is 0 Å². The first-order valence-electron chi connectivity index (χ1n) is 11.2. The van der Waals surface area contributed by atoms with Gasteiger partial charge in [0.05, 0.1) is 11.8 Å². The summed E-state index contributed by atoms with van der Waals surface area (Å²) in [6, 6.07) is 16.7. The van der Waals surface area contributed by atoms with Gasteiger partial charge in [-0.05, 0) is 54.8 Å². The van der Waals surface area contributed by atoms with E-state index >= 15 is 0 Å². The highest BCUT2D eigenvalue weighted by Crippen LogP contribution is 2.27. The average Bonchev–Trinajstić information content (AvgIpc) is 3.50. The standard InChI is InChI=1S/C26H25N3O4/c30-26(19-11-13-27-14-12-19)29-23-10-4-9-22-25(23)33-24(28-22)16-18-5-3-8-21(15-18)32-17-31-20-6-1-2-7-20/h3-5,8-15,20H,1-2,6-7,16-17H2,(H,29,30). The number of para-hydroxylation sites is 1. The van der Waals surface area contributed by atoms with Crippen LogP contribution in [0.2, 0.25) is 0 Å². The van der Waals surface area contributed by atoms with E-state index < -0.39 is 0 Å². The van der Waals surface area contributed by atoms with Crippen LogP contribution in [0.4, 0.5) is 5.69 Å². The fourth-order valence-corrected chi connectivity index (χ4v) is 4.04. The van der Waals surface area contributed by atoms with Gasteiger partial charge in [-0.3, -0.25) is 9.78 Å². The van der Waals surface area contributed by atoms with Crippen molar-refractivity contribution in [3.05, 3.63) is 84.0 Å². The molecule has 0 unspecified atom stereocenters. The molecular formula is C26H25N3O4. The molecule has 0 atom stereocenters. The van der Waals surface area contributed by atoms with Crippen LogP contribution in [0.3, 0.4) is 0 Å². The van der Waals surface area contributed by atoms with Crippen molar-refractivity contribution in [2.45, 2.75) is 38.2 Å². The smallest absolute Gasteiger partial charge is 0.255 e. The maximum atomic E-state index is 12.5. The molecule has 0 bridgehead atoms. The average molecular weight is 444 g/mol. The number of hydrogen-bond donors (Lipinski definition) is 1. The fraction of sp³-hybridized carbons (Fsp3) is 0.269. The van der Waals surface area contributed by atoms with Crippen LogP contribution in [0, 0.1) is 0 Å². The number of ether oxygens (including phenoxy) is 2. The number of aromatic nitrogens is 2. The summed E-state index contributed by atoms with van der Waals surface area (Å²) < 4.78 is 17.6. The summed E-state index contributed by atoms with van der Waals surface area (Å²) in [5, 5.41) is 2.90. The number of hydrogen-bond acceptors (Lipinski definition) is 6. The summed E-state index contributed by atoms with van der Waals surface area (Å²) >= 11 is 0. The van der Waals surface area contributed by atoms with Gasteiger partial charge in [0.1, 0.15) is 11.3 Å². The number of rotatable bonds is 8. The van der Waals surface area contributed by atoms with Crippen LogP contribution in [0.15, 0.2) is 71.4 Å². The van der Waals surface area contributed by atoms with Crippen LogP contribution in [0.25, 0.3) is 11.1 Å². The highest BCUT2D eigenvalue weighted by molar-refractivity contribution is 6.07. The lowest BCUT2D eigenvalue weighted by atomic mass is 10.1. The second kappa shape index (κ2) is 9.83. The first kappa shape index (κ1) is 21.2. The molecule has 0 spiro atoms. The molecule has 5 rings (SSSR count). The van der Waals surface area contributed by atoms with Gasteiger partial charge >= 0.3 is 0 Å². The summed E-state index contributed by atoms with van der Waals surface area (Å²) in [6.07, 6.45) is 8.70. The summed E-state index contributed by atoms with van der Waals surface area (Å²) in [7, 11) is 0. The highest BCUT2D eigenvalue weighted by atomic mass is 16.7. The highest BCUT2D eigenvalue weighted by Gasteiger charge is 2.16. The topological polar surface area (TPSA) is 86.5 Å². The number of oxazole rings is 1. The van der Waals surface area contributed by atoms with Crippen LogP contribution in [-0.4, -0.2) is 28.8 Å². The Morgan fingerprint density at radius 3 is 2.73 bits per heavy atom.